The van der Waals surface area contributed by atoms with Crippen molar-refractivity contribution in [3.63, 3.8) is 0 Å². The predicted octanol–water partition coefficient (Wildman–Crippen LogP) is 10.0. The highest BCUT2D eigenvalue weighted by atomic mass is 16.6. The number of benzene rings is 5. The number of anilines is 2. The van der Waals surface area contributed by atoms with Gasteiger partial charge in [0.1, 0.15) is 35.2 Å². The average molecular weight is 825 g/mol. The lowest BCUT2D eigenvalue weighted by Gasteiger charge is -2.28. The number of esters is 2. The van der Waals surface area contributed by atoms with E-state index in [1.165, 1.54) is 0 Å². The van der Waals surface area contributed by atoms with Crippen molar-refractivity contribution in [2.24, 2.45) is 0 Å². The summed E-state index contributed by atoms with van der Waals surface area (Å²) in [5.74, 6) is 2.35. The number of rotatable bonds is 16. The van der Waals surface area contributed by atoms with Crippen molar-refractivity contribution in [2.45, 2.75) is 91.5 Å². The Hall–Kier alpha value is -6.04. The number of carbonyl (C=O) groups is 2. The van der Waals surface area contributed by atoms with Gasteiger partial charge in [0, 0.05) is 36.1 Å². The molecule has 0 spiro atoms. The van der Waals surface area contributed by atoms with Crippen LogP contribution in [0.5, 0.6) is 34.5 Å². The molecule has 5 aromatic rings. The zero-order valence-corrected chi connectivity index (χ0v) is 37.4. The van der Waals surface area contributed by atoms with Crippen LogP contribution in [0.15, 0.2) is 60.7 Å². The lowest BCUT2D eigenvalue weighted by atomic mass is 9.96. The maximum Gasteiger partial charge on any atom is 0.339 e. The molecule has 0 aliphatic rings. The van der Waals surface area contributed by atoms with Gasteiger partial charge in [-0.25, -0.2) is 9.59 Å². The molecule has 0 aromatic heterocycles. The van der Waals surface area contributed by atoms with Gasteiger partial charge in [0.15, 0.2) is 11.5 Å². The zero-order chi connectivity index (χ0) is 44.1. The molecule has 0 aliphatic heterocycles. The molecular weight excluding hydrogens is 765 g/mol. The largest absolute Gasteiger partial charge is 0.497 e. The molecule has 0 radical (unpaired) electrons. The Labute approximate surface area is 353 Å². The second-order valence-electron chi connectivity index (χ2n) is 16.9. The number of hydrogen-bond donors (Lipinski definition) is 2. The first kappa shape index (κ1) is 45.1. The second kappa shape index (κ2) is 18.5. The molecule has 0 saturated heterocycles. The van der Waals surface area contributed by atoms with Crippen LogP contribution in [0, 0.1) is 0 Å². The summed E-state index contributed by atoms with van der Waals surface area (Å²) >= 11 is 0. The van der Waals surface area contributed by atoms with Crippen molar-refractivity contribution >= 4 is 44.9 Å². The van der Waals surface area contributed by atoms with Crippen LogP contribution in [0.3, 0.4) is 0 Å². The first-order valence-corrected chi connectivity index (χ1v) is 19.9. The van der Waals surface area contributed by atoms with E-state index >= 15 is 0 Å². The number of fused-ring (bicyclic) bond motifs is 2. The second-order valence-corrected chi connectivity index (χ2v) is 16.9. The summed E-state index contributed by atoms with van der Waals surface area (Å²) in [5, 5.41) is 10.4. The van der Waals surface area contributed by atoms with E-state index in [0.717, 1.165) is 44.0 Å². The third-order valence-corrected chi connectivity index (χ3v) is 9.74. The molecule has 0 fully saturated rings. The number of ether oxygens (including phenoxy) is 8. The van der Waals surface area contributed by atoms with Crippen LogP contribution in [0.1, 0.15) is 87.2 Å². The number of carbonyl (C=O) groups excluding carboxylic acids is 2. The summed E-state index contributed by atoms with van der Waals surface area (Å²) < 4.78 is 46.8. The SMILES string of the molecule is COc1cc(OC)c2c(OC)c(NC(C)(C)C)c(C[C@@H](C)OC(=O)c3ccccc3C(=O)O[C@H](C)Cc3cc4cc(OC)cc(OC)c4c(OC)c3NC(C)(C)C)cc2c1. The lowest BCUT2D eigenvalue weighted by molar-refractivity contribution is 0.0293. The third-order valence-electron chi connectivity index (χ3n) is 9.74. The van der Waals surface area contributed by atoms with Crippen LogP contribution in [-0.2, 0) is 22.3 Å². The van der Waals surface area contributed by atoms with Crippen LogP contribution in [-0.4, -0.2) is 77.9 Å². The molecule has 0 amide bonds. The van der Waals surface area contributed by atoms with E-state index in [1.807, 2.05) is 50.2 Å². The van der Waals surface area contributed by atoms with E-state index in [9.17, 15) is 9.59 Å². The normalized spacial score (nSPS) is 12.6. The molecule has 60 heavy (non-hydrogen) atoms. The van der Waals surface area contributed by atoms with Crippen molar-refractivity contribution < 1.29 is 47.5 Å². The van der Waals surface area contributed by atoms with Gasteiger partial charge in [-0.15, -0.1) is 0 Å². The minimum absolute atomic E-state index is 0.0989. The lowest BCUT2D eigenvalue weighted by Crippen LogP contribution is -2.28. The van der Waals surface area contributed by atoms with Crippen LogP contribution in [0.2, 0.25) is 0 Å². The van der Waals surface area contributed by atoms with Gasteiger partial charge in [-0.1, -0.05) is 12.1 Å². The number of methoxy groups -OCH3 is 6. The summed E-state index contributed by atoms with van der Waals surface area (Å²) in [6, 6.07) is 18.0. The van der Waals surface area contributed by atoms with Crippen molar-refractivity contribution in [3.05, 3.63) is 82.9 Å². The molecule has 2 atom stereocenters. The molecule has 2 N–H and O–H groups in total. The molecule has 12 nitrogen and oxygen atoms in total. The van der Waals surface area contributed by atoms with Gasteiger partial charge in [-0.05, 0) is 114 Å². The van der Waals surface area contributed by atoms with Crippen molar-refractivity contribution in [1.29, 1.82) is 0 Å². The third kappa shape index (κ3) is 10.2. The Morgan fingerprint density at radius 1 is 0.533 bits per heavy atom. The summed E-state index contributed by atoms with van der Waals surface area (Å²) in [5.41, 5.74) is 2.75. The Morgan fingerprint density at radius 2 is 0.900 bits per heavy atom. The highest BCUT2D eigenvalue weighted by molar-refractivity contribution is 6.04. The van der Waals surface area contributed by atoms with E-state index in [-0.39, 0.29) is 22.2 Å². The van der Waals surface area contributed by atoms with Crippen molar-refractivity contribution in [1.82, 2.24) is 0 Å². The molecule has 12 heteroatoms. The van der Waals surface area contributed by atoms with Crippen LogP contribution in [0.4, 0.5) is 11.4 Å². The molecule has 0 aliphatic carbocycles. The Bertz CT molecular complexity index is 2200. The standard InChI is InChI=1S/C48H60N2O10/c1-27(19-31-21-29-23-33(53-9)25-37(55-11)39(29)43(57-13)41(31)49-47(3,4)5)59-45(51)35-17-15-16-18-36(35)46(52)60-28(2)20-32-22-30-24-34(54-10)26-38(56-12)40(30)44(58-14)42(32)50-48(6,7)8/h15-18,21-28,49-50H,19-20H2,1-14H3/t27-,28-/m1/s1. The van der Waals surface area contributed by atoms with Gasteiger partial charge in [0.05, 0.1) is 75.9 Å². The Morgan fingerprint density at radius 3 is 1.20 bits per heavy atom. The molecule has 322 valence electrons. The molecule has 0 bridgehead atoms. The van der Waals surface area contributed by atoms with Crippen molar-refractivity contribution in [2.75, 3.05) is 53.3 Å². The first-order valence-electron chi connectivity index (χ1n) is 19.9. The zero-order valence-electron chi connectivity index (χ0n) is 37.4. The summed E-state index contributed by atoms with van der Waals surface area (Å²) in [4.78, 5) is 27.8. The minimum Gasteiger partial charge on any atom is -0.497 e. The fourth-order valence-electron chi connectivity index (χ4n) is 7.34. The smallest absolute Gasteiger partial charge is 0.339 e. The summed E-state index contributed by atoms with van der Waals surface area (Å²) in [7, 11) is 9.64. The molecular formula is C48H60N2O10. The highest BCUT2D eigenvalue weighted by Crippen LogP contribution is 2.47. The topological polar surface area (TPSA) is 132 Å². The van der Waals surface area contributed by atoms with E-state index < -0.39 is 24.1 Å². The molecule has 5 rings (SSSR count). The number of nitrogens with one attached hydrogen (secondary N) is 2. The molecule has 0 saturated carbocycles. The highest BCUT2D eigenvalue weighted by Gasteiger charge is 2.28. The fourth-order valence-corrected chi connectivity index (χ4v) is 7.34. The average Bonchev–Trinajstić information content (AvgIpc) is 3.19. The quantitative estimate of drug-likeness (QED) is 0.0918. The van der Waals surface area contributed by atoms with E-state index in [1.54, 1.807) is 66.9 Å². The Kier molecular flexibility index (Phi) is 13.9. The molecule has 0 unspecified atom stereocenters. The van der Waals surface area contributed by atoms with Crippen LogP contribution >= 0.6 is 0 Å². The monoisotopic (exact) mass is 824 g/mol. The van der Waals surface area contributed by atoms with Gasteiger partial charge in [-0.3, -0.25) is 0 Å². The molecule has 5 aromatic carbocycles. The van der Waals surface area contributed by atoms with Gasteiger partial charge in [0.2, 0.25) is 0 Å². The summed E-state index contributed by atoms with van der Waals surface area (Å²) in [6.45, 7) is 16.0. The van der Waals surface area contributed by atoms with Gasteiger partial charge >= 0.3 is 11.9 Å². The minimum atomic E-state index is -0.650. The maximum absolute atomic E-state index is 13.9. The van der Waals surface area contributed by atoms with Crippen molar-refractivity contribution in [3.8, 4) is 34.5 Å². The number of hydrogen-bond acceptors (Lipinski definition) is 12. The van der Waals surface area contributed by atoms with E-state index in [0.29, 0.717) is 47.3 Å². The maximum atomic E-state index is 13.9. The van der Waals surface area contributed by atoms with Gasteiger partial charge < -0.3 is 48.5 Å². The van der Waals surface area contributed by atoms with Crippen LogP contribution in [0.25, 0.3) is 21.5 Å². The van der Waals surface area contributed by atoms with Gasteiger partial charge in [-0.2, -0.15) is 0 Å². The first-order chi connectivity index (χ1) is 28.3. The Balaban J connectivity index is 1.42. The molecule has 0 heterocycles. The van der Waals surface area contributed by atoms with Crippen LogP contribution < -0.4 is 39.1 Å². The van der Waals surface area contributed by atoms with Gasteiger partial charge in [0.25, 0.3) is 0 Å². The summed E-state index contributed by atoms with van der Waals surface area (Å²) in [6.07, 6.45) is -0.552. The predicted molar refractivity (Wildman–Crippen MR) is 238 cm³/mol. The van der Waals surface area contributed by atoms with E-state index in [2.05, 4.69) is 52.2 Å². The van der Waals surface area contributed by atoms with E-state index in [4.69, 9.17) is 37.9 Å². The fraction of sp³-hybridized carbons (Fsp3) is 0.417.